The summed E-state index contributed by atoms with van der Waals surface area (Å²) in [6.07, 6.45) is 3.91. The first-order chi connectivity index (χ1) is 9.99. The van der Waals surface area contributed by atoms with Crippen LogP contribution in [-0.4, -0.2) is 22.9 Å². The van der Waals surface area contributed by atoms with Gasteiger partial charge >= 0.3 is 0 Å². The standard InChI is InChI=1S/C16H17N3O2/c1-9-18-14-12(15(19-9)21-3)5-4-11-6-13(20)10(8-17)7-16(11,14)2/h7,11H,4-6H2,1-3H3. The molecule has 2 aliphatic carbocycles. The fourth-order valence-corrected chi connectivity index (χ4v) is 3.53. The molecule has 0 saturated carbocycles. The molecule has 2 aliphatic rings. The molecule has 0 saturated heterocycles. The minimum absolute atomic E-state index is 0.0545. The van der Waals surface area contributed by atoms with E-state index in [1.807, 2.05) is 13.0 Å². The van der Waals surface area contributed by atoms with Crippen LogP contribution in [0.3, 0.4) is 0 Å². The average molecular weight is 283 g/mol. The number of aryl methyl sites for hydroxylation is 1. The topological polar surface area (TPSA) is 75.9 Å². The van der Waals surface area contributed by atoms with Crippen molar-refractivity contribution in [2.45, 2.75) is 38.5 Å². The van der Waals surface area contributed by atoms with Gasteiger partial charge in [0.05, 0.1) is 18.4 Å². The highest BCUT2D eigenvalue weighted by Crippen LogP contribution is 2.48. The van der Waals surface area contributed by atoms with Crippen LogP contribution in [0.1, 0.15) is 36.8 Å². The number of aromatic nitrogens is 2. The van der Waals surface area contributed by atoms with Crippen molar-refractivity contribution in [1.82, 2.24) is 9.97 Å². The van der Waals surface area contributed by atoms with Gasteiger partial charge < -0.3 is 4.74 Å². The third-order valence-corrected chi connectivity index (χ3v) is 4.67. The number of hydrogen-bond donors (Lipinski definition) is 0. The molecule has 0 fully saturated rings. The van der Waals surface area contributed by atoms with Gasteiger partial charge in [0.1, 0.15) is 11.9 Å². The molecule has 0 aliphatic heterocycles. The molecule has 5 nitrogen and oxygen atoms in total. The van der Waals surface area contributed by atoms with Crippen LogP contribution in [0.15, 0.2) is 11.6 Å². The molecule has 108 valence electrons. The van der Waals surface area contributed by atoms with Crippen LogP contribution in [0.4, 0.5) is 0 Å². The number of methoxy groups -OCH3 is 1. The molecule has 5 heteroatoms. The second kappa shape index (κ2) is 4.66. The van der Waals surface area contributed by atoms with Gasteiger partial charge in [-0.05, 0) is 25.7 Å². The molecule has 21 heavy (non-hydrogen) atoms. The molecular formula is C16H17N3O2. The number of carbonyl (C=O) groups excluding carboxylic acids is 1. The van der Waals surface area contributed by atoms with E-state index in [4.69, 9.17) is 4.74 Å². The Morgan fingerprint density at radius 1 is 1.48 bits per heavy atom. The number of carbonyl (C=O) groups is 1. The molecule has 0 amide bonds. The number of fused-ring (bicyclic) bond motifs is 3. The Labute approximate surface area is 123 Å². The lowest BCUT2D eigenvalue weighted by atomic mass is 9.61. The Morgan fingerprint density at radius 2 is 2.24 bits per heavy atom. The van der Waals surface area contributed by atoms with Crippen molar-refractivity contribution in [1.29, 1.82) is 5.26 Å². The van der Waals surface area contributed by atoms with Gasteiger partial charge in [0.2, 0.25) is 5.88 Å². The van der Waals surface area contributed by atoms with Gasteiger partial charge in [0.15, 0.2) is 5.78 Å². The predicted octanol–water partition coefficient (Wildman–Crippen LogP) is 2.04. The number of hydrogen-bond acceptors (Lipinski definition) is 5. The minimum atomic E-state index is -0.395. The van der Waals surface area contributed by atoms with Gasteiger partial charge in [-0.3, -0.25) is 4.79 Å². The number of ketones is 1. The van der Waals surface area contributed by atoms with Gasteiger partial charge in [-0.15, -0.1) is 0 Å². The maximum atomic E-state index is 12.0. The van der Waals surface area contributed by atoms with Crippen molar-refractivity contribution in [3.8, 4) is 11.9 Å². The Kier molecular flexibility index (Phi) is 3.05. The largest absolute Gasteiger partial charge is 0.481 e. The second-order valence-corrected chi connectivity index (χ2v) is 5.92. The molecule has 0 bridgehead atoms. The zero-order valence-corrected chi connectivity index (χ0v) is 12.4. The number of Topliss-reactive ketones (excluding diaryl/α,β-unsaturated/α-hetero) is 1. The SMILES string of the molecule is COc1nc(C)nc2c1CCC1CC(=O)C(C#N)=CC21C. The summed E-state index contributed by atoms with van der Waals surface area (Å²) in [6, 6.07) is 2.02. The molecule has 0 N–H and O–H groups in total. The quantitative estimate of drug-likeness (QED) is 0.788. The lowest BCUT2D eigenvalue weighted by molar-refractivity contribution is -0.117. The smallest absolute Gasteiger partial charge is 0.219 e. The summed E-state index contributed by atoms with van der Waals surface area (Å²) in [4.78, 5) is 20.9. The lowest BCUT2D eigenvalue weighted by Crippen LogP contribution is -2.41. The van der Waals surface area contributed by atoms with E-state index in [0.29, 0.717) is 18.1 Å². The van der Waals surface area contributed by atoms with Crippen LogP contribution in [0.5, 0.6) is 5.88 Å². The molecule has 0 spiro atoms. The van der Waals surface area contributed by atoms with E-state index in [2.05, 4.69) is 16.9 Å². The molecular weight excluding hydrogens is 266 g/mol. The number of ether oxygens (including phenoxy) is 1. The van der Waals surface area contributed by atoms with Crippen molar-refractivity contribution < 1.29 is 9.53 Å². The van der Waals surface area contributed by atoms with Crippen LogP contribution >= 0.6 is 0 Å². The van der Waals surface area contributed by atoms with E-state index in [1.165, 1.54) is 0 Å². The summed E-state index contributed by atoms with van der Waals surface area (Å²) in [6.45, 7) is 3.89. The second-order valence-electron chi connectivity index (χ2n) is 5.92. The van der Waals surface area contributed by atoms with Gasteiger partial charge in [-0.2, -0.15) is 10.2 Å². The van der Waals surface area contributed by atoms with Gasteiger partial charge in [0, 0.05) is 17.4 Å². The first kappa shape index (κ1) is 13.7. The highest BCUT2D eigenvalue weighted by molar-refractivity contribution is 6.00. The van der Waals surface area contributed by atoms with Crippen molar-refractivity contribution >= 4 is 5.78 Å². The first-order valence-corrected chi connectivity index (χ1v) is 7.07. The molecule has 1 aromatic rings. The van der Waals surface area contributed by atoms with Crippen molar-refractivity contribution in [2.75, 3.05) is 7.11 Å². The van der Waals surface area contributed by atoms with E-state index in [-0.39, 0.29) is 17.3 Å². The summed E-state index contributed by atoms with van der Waals surface area (Å²) in [5, 5.41) is 9.17. The number of nitrogens with zero attached hydrogens (tertiary/aromatic N) is 3. The van der Waals surface area contributed by atoms with E-state index < -0.39 is 5.41 Å². The van der Waals surface area contributed by atoms with Crippen LogP contribution in [0, 0.1) is 24.2 Å². The number of allylic oxidation sites excluding steroid dienone is 2. The van der Waals surface area contributed by atoms with Crippen LogP contribution in [-0.2, 0) is 16.6 Å². The van der Waals surface area contributed by atoms with Crippen molar-refractivity contribution in [2.24, 2.45) is 5.92 Å². The lowest BCUT2D eigenvalue weighted by Gasteiger charge is -2.42. The Balaban J connectivity index is 2.25. The minimum Gasteiger partial charge on any atom is -0.481 e. The molecule has 1 aromatic heterocycles. The highest BCUT2D eigenvalue weighted by Gasteiger charge is 2.46. The van der Waals surface area contributed by atoms with Crippen LogP contribution < -0.4 is 4.74 Å². The fraction of sp³-hybridized carbons (Fsp3) is 0.500. The zero-order valence-electron chi connectivity index (χ0n) is 12.4. The molecule has 0 radical (unpaired) electrons. The summed E-state index contributed by atoms with van der Waals surface area (Å²) in [5.41, 5.74) is 1.76. The summed E-state index contributed by atoms with van der Waals surface area (Å²) in [7, 11) is 1.61. The van der Waals surface area contributed by atoms with E-state index in [1.54, 1.807) is 13.2 Å². The monoisotopic (exact) mass is 283 g/mol. The number of rotatable bonds is 1. The van der Waals surface area contributed by atoms with E-state index in [9.17, 15) is 10.1 Å². The van der Waals surface area contributed by atoms with Gasteiger partial charge in [-0.1, -0.05) is 13.0 Å². The Bertz CT molecular complexity index is 702. The first-order valence-electron chi connectivity index (χ1n) is 7.07. The maximum Gasteiger partial charge on any atom is 0.219 e. The summed E-state index contributed by atoms with van der Waals surface area (Å²) < 4.78 is 5.39. The zero-order chi connectivity index (χ0) is 15.2. The third-order valence-electron chi connectivity index (χ3n) is 4.67. The number of nitriles is 1. The maximum absolute atomic E-state index is 12.0. The average Bonchev–Trinajstić information content (AvgIpc) is 2.47. The molecule has 1 heterocycles. The van der Waals surface area contributed by atoms with Gasteiger partial charge in [0.25, 0.3) is 0 Å². The third kappa shape index (κ3) is 1.94. The molecule has 0 aromatic carbocycles. The molecule has 2 unspecified atom stereocenters. The highest BCUT2D eigenvalue weighted by atomic mass is 16.5. The predicted molar refractivity (Wildman–Crippen MR) is 75.8 cm³/mol. The molecule has 3 rings (SSSR count). The summed E-state index contributed by atoms with van der Waals surface area (Å²) in [5.74, 6) is 1.40. The summed E-state index contributed by atoms with van der Waals surface area (Å²) >= 11 is 0. The van der Waals surface area contributed by atoms with Crippen molar-refractivity contribution in [3.05, 3.63) is 28.7 Å². The Morgan fingerprint density at radius 3 is 2.90 bits per heavy atom. The Hall–Kier alpha value is -2.22. The van der Waals surface area contributed by atoms with Crippen LogP contribution in [0.25, 0.3) is 0 Å². The normalized spacial score (nSPS) is 27.2. The van der Waals surface area contributed by atoms with Crippen molar-refractivity contribution in [3.63, 3.8) is 0 Å². The van der Waals surface area contributed by atoms with Gasteiger partial charge in [-0.25, -0.2) is 4.98 Å². The van der Waals surface area contributed by atoms with Crippen LogP contribution in [0.2, 0.25) is 0 Å². The van der Waals surface area contributed by atoms with E-state index >= 15 is 0 Å². The molecule has 2 atom stereocenters. The van der Waals surface area contributed by atoms with E-state index in [0.717, 1.165) is 24.1 Å². The fourth-order valence-electron chi connectivity index (χ4n) is 3.53.